The molecule has 0 unspecified atom stereocenters. The van der Waals surface area contributed by atoms with Crippen LogP contribution in [0.2, 0.25) is 0 Å². The van der Waals surface area contributed by atoms with E-state index in [4.69, 9.17) is 15.6 Å². The Bertz CT molecular complexity index is 327. The van der Waals surface area contributed by atoms with Crippen molar-refractivity contribution in [3.63, 3.8) is 0 Å². The van der Waals surface area contributed by atoms with E-state index in [0.717, 1.165) is 0 Å². The van der Waals surface area contributed by atoms with Gasteiger partial charge in [0.1, 0.15) is 0 Å². The maximum absolute atomic E-state index is 11.6. The van der Waals surface area contributed by atoms with Crippen LogP contribution in [0.1, 0.15) is 10.4 Å². The molecule has 0 aliphatic carbocycles. The Labute approximate surface area is 98.8 Å². The maximum Gasteiger partial charge on any atom is 0.219 e. The molecule has 0 aliphatic heterocycles. The van der Waals surface area contributed by atoms with E-state index in [1.165, 1.54) is 11.8 Å². The molecule has 0 heterocycles. The molecule has 1 aromatic rings. The quantitative estimate of drug-likeness (QED) is 0.577. The number of carbonyl (C=O) groups excluding carboxylic acids is 1. The molecule has 3 N–H and O–H groups in total. The van der Waals surface area contributed by atoms with E-state index in [1.807, 2.05) is 0 Å². The van der Waals surface area contributed by atoms with Crippen molar-refractivity contribution < 1.29 is 14.6 Å². The molecule has 1 rings (SSSR count). The lowest BCUT2D eigenvalue weighted by Gasteiger charge is -2.02. The van der Waals surface area contributed by atoms with Gasteiger partial charge < -0.3 is 15.6 Å². The predicted octanol–water partition coefficient (Wildman–Crippen LogP) is 1.15. The minimum Gasteiger partial charge on any atom is -0.399 e. The highest BCUT2D eigenvalue weighted by atomic mass is 32.2. The summed E-state index contributed by atoms with van der Waals surface area (Å²) in [5.74, 6) is 0.587. The van der Waals surface area contributed by atoms with Gasteiger partial charge in [0.15, 0.2) is 0 Å². The minimum atomic E-state index is 0.00704. The molecule has 0 bridgehead atoms. The van der Waals surface area contributed by atoms with Gasteiger partial charge in [0.25, 0.3) is 0 Å². The zero-order valence-corrected chi connectivity index (χ0v) is 9.70. The van der Waals surface area contributed by atoms with Crippen molar-refractivity contribution in [2.45, 2.75) is 0 Å². The Morgan fingerprint density at radius 3 is 2.62 bits per heavy atom. The van der Waals surface area contributed by atoms with E-state index in [1.54, 1.807) is 24.3 Å². The molecule has 4 nitrogen and oxygen atoms in total. The zero-order chi connectivity index (χ0) is 11.8. The summed E-state index contributed by atoms with van der Waals surface area (Å²) in [4.78, 5) is 11.6. The lowest BCUT2D eigenvalue weighted by Crippen LogP contribution is -2.04. The smallest absolute Gasteiger partial charge is 0.219 e. The van der Waals surface area contributed by atoms with Crippen LogP contribution in [0.3, 0.4) is 0 Å². The van der Waals surface area contributed by atoms with Gasteiger partial charge in [0, 0.05) is 17.0 Å². The number of nitrogen functional groups attached to an aromatic ring is 1. The summed E-state index contributed by atoms with van der Waals surface area (Å²) in [6, 6.07) is 6.82. The average molecular weight is 241 g/mol. The van der Waals surface area contributed by atoms with Crippen molar-refractivity contribution in [3.05, 3.63) is 29.8 Å². The van der Waals surface area contributed by atoms with Crippen molar-refractivity contribution in [1.82, 2.24) is 0 Å². The van der Waals surface area contributed by atoms with Crippen molar-refractivity contribution in [3.8, 4) is 0 Å². The number of nitrogens with two attached hydrogens (primary N) is 1. The first-order valence-electron chi connectivity index (χ1n) is 4.95. The third-order valence-electron chi connectivity index (χ3n) is 1.84. The number of hydrogen-bond donors (Lipinski definition) is 2. The van der Waals surface area contributed by atoms with Crippen LogP contribution in [-0.2, 0) is 4.74 Å². The van der Waals surface area contributed by atoms with Crippen molar-refractivity contribution in [2.75, 3.05) is 31.3 Å². The number of aliphatic hydroxyl groups excluding tert-OH is 1. The van der Waals surface area contributed by atoms with Crippen molar-refractivity contribution in [1.29, 1.82) is 0 Å². The first-order valence-corrected chi connectivity index (χ1v) is 5.94. The van der Waals surface area contributed by atoms with Gasteiger partial charge in [-0.05, 0) is 24.3 Å². The van der Waals surface area contributed by atoms with Gasteiger partial charge in [-0.1, -0.05) is 11.8 Å². The van der Waals surface area contributed by atoms with Crippen LogP contribution in [-0.4, -0.2) is 35.8 Å². The summed E-state index contributed by atoms with van der Waals surface area (Å²) in [7, 11) is 0. The number of ether oxygens (including phenoxy) is 1. The molecule has 5 heteroatoms. The Kier molecular flexibility index (Phi) is 5.92. The molecular weight excluding hydrogens is 226 g/mol. The van der Waals surface area contributed by atoms with Gasteiger partial charge in [-0.15, -0.1) is 0 Å². The molecule has 16 heavy (non-hydrogen) atoms. The number of hydrogen-bond acceptors (Lipinski definition) is 5. The standard InChI is InChI=1S/C11H15NO3S/c12-10-3-1-9(2-4-10)11(14)16-8-7-15-6-5-13/h1-4,13H,5-8,12H2. The highest BCUT2D eigenvalue weighted by molar-refractivity contribution is 8.14. The van der Waals surface area contributed by atoms with Gasteiger partial charge in [0.2, 0.25) is 5.12 Å². The van der Waals surface area contributed by atoms with Crippen molar-refractivity contribution >= 4 is 22.6 Å². The molecule has 88 valence electrons. The monoisotopic (exact) mass is 241 g/mol. The van der Waals surface area contributed by atoms with Crippen LogP contribution < -0.4 is 5.73 Å². The second kappa shape index (κ2) is 7.27. The number of carbonyl (C=O) groups is 1. The SMILES string of the molecule is Nc1ccc(C(=O)SCCOCCO)cc1. The Hall–Kier alpha value is -1.04. The summed E-state index contributed by atoms with van der Waals surface area (Å²) >= 11 is 1.20. The van der Waals surface area contributed by atoms with Gasteiger partial charge in [-0.2, -0.15) is 0 Å². The molecule has 0 fully saturated rings. The lowest BCUT2D eigenvalue weighted by molar-refractivity contribution is 0.102. The first kappa shape index (κ1) is 13.0. The molecule has 0 saturated heterocycles. The third kappa shape index (κ3) is 4.65. The summed E-state index contributed by atoms with van der Waals surface area (Å²) in [6.45, 7) is 0.791. The van der Waals surface area contributed by atoms with E-state index in [-0.39, 0.29) is 11.7 Å². The average Bonchev–Trinajstić information content (AvgIpc) is 2.29. The van der Waals surface area contributed by atoms with Crippen LogP contribution in [0.25, 0.3) is 0 Å². The van der Waals surface area contributed by atoms with Gasteiger partial charge >= 0.3 is 0 Å². The Morgan fingerprint density at radius 2 is 2.00 bits per heavy atom. The van der Waals surface area contributed by atoms with Gasteiger partial charge in [-0.25, -0.2) is 0 Å². The Morgan fingerprint density at radius 1 is 1.31 bits per heavy atom. The fourth-order valence-corrected chi connectivity index (χ4v) is 1.75. The third-order valence-corrected chi connectivity index (χ3v) is 2.71. The second-order valence-electron chi connectivity index (χ2n) is 3.09. The lowest BCUT2D eigenvalue weighted by atomic mass is 10.2. The van der Waals surface area contributed by atoms with Gasteiger partial charge in [0.05, 0.1) is 19.8 Å². The molecule has 0 aliphatic rings. The van der Waals surface area contributed by atoms with Crippen LogP contribution in [0.4, 0.5) is 5.69 Å². The largest absolute Gasteiger partial charge is 0.399 e. The minimum absolute atomic E-state index is 0.00704. The van der Waals surface area contributed by atoms with E-state index in [9.17, 15) is 4.79 Å². The highest BCUT2D eigenvalue weighted by Crippen LogP contribution is 2.13. The van der Waals surface area contributed by atoms with E-state index < -0.39 is 0 Å². The number of anilines is 1. The molecular formula is C11H15NO3S. The number of thioether (sulfide) groups is 1. The summed E-state index contributed by atoms with van der Waals surface area (Å²) < 4.78 is 5.05. The Balaban J connectivity index is 2.27. The number of aliphatic hydroxyl groups is 1. The molecule has 0 spiro atoms. The van der Waals surface area contributed by atoms with Crippen LogP contribution in [0.5, 0.6) is 0 Å². The van der Waals surface area contributed by atoms with Crippen LogP contribution >= 0.6 is 11.8 Å². The highest BCUT2D eigenvalue weighted by Gasteiger charge is 2.05. The molecule has 0 radical (unpaired) electrons. The molecule has 0 amide bonds. The summed E-state index contributed by atoms with van der Waals surface area (Å²) in [5, 5.41) is 8.48. The van der Waals surface area contributed by atoms with E-state index in [2.05, 4.69) is 0 Å². The fourth-order valence-electron chi connectivity index (χ4n) is 1.06. The topological polar surface area (TPSA) is 72.6 Å². The maximum atomic E-state index is 11.6. The van der Waals surface area contributed by atoms with Crippen molar-refractivity contribution in [2.24, 2.45) is 0 Å². The second-order valence-corrected chi connectivity index (χ2v) is 4.16. The fraction of sp³-hybridized carbons (Fsp3) is 0.364. The van der Waals surface area contributed by atoms with Crippen LogP contribution in [0.15, 0.2) is 24.3 Å². The molecule has 0 saturated carbocycles. The number of benzene rings is 1. The van der Waals surface area contributed by atoms with Crippen LogP contribution in [0, 0.1) is 0 Å². The normalized spacial score (nSPS) is 10.3. The first-order chi connectivity index (χ1) is 7.74. The van der Waals surface area contributed by atoms with Gasteiger partial charge in [-0.3, -0.25) is 4.79 Å². The summed E-state index contributed by atoms with van der Waals surface area (Å²) in [5.41, 5.74) is 6.81. The molecule has 0 aromatic heterocycles. The van der Waals surface area contributed by atoms with E-state index >= 15 is 0 Å². The molecule has 0 atom stereocenters. The predicted molar refractivity (Wildman–Crippen MR) is 65.5 cm³/mol. The molecule has 1 aromatic carbocycles. The zero-order valence-electron chi connectivity index (χ0n) is 8.89. The summed E-state index contributed by atoms with van der Waals surface area (Å²) in [6.07, 6.45) is 0. The van der Waals surface area contributed by atoms with E-state index in [0.29, 0.717) is 30.2 Å². The number of rotatable bonds is 6.